The number of aliphatic imine (C=N–C) groups is 1. The van der Waals surface area contributed by atoms with Gasteiger partial charge in [0.05, 0.1) is 35.2 Å². The molecule has 0 amide bonds. The molecule has 8 nitrogen and oxygen atoms in total. The average molecular weight is 436 g/mol. The predicted molar refractivity (Wildman–Crippen MR) is 123 cm³/mol. The summed E-state index contributed by atoms with van der Waals surface area (Å²) in [5.74, 6) is -0.717. The van der Waals surface area contributed by atoms with Crippen molar-refractivity contribution in [2.75, 3.05) is 7.11 Å². The number of aryl methyl sites for hydroxylation is 2. The Bertz CT molecular complexity index is 1390. The van der Waals surface area contributed by atoms with Crippen LogP contribution in [0.2, 0.25) is 0 Å². The Morgan fingerprint density at radius 3 is 2.75 bits per heavy atom. The lowest BCUT2D eigenvalue weighted by atomic mass is 9.88. The first-order valence-corrected chi connectivity index (χ1v) is 10.2. The van der Waals surface area contributed by atoms with Crippen LogP contribution in [0.1, 0.15) is 25.1 Å². The largest absolute Gasteiger partial charge is 0.376 e. The second-order valence-corrected chi connectivity index (χ2v) is 7.77. The molecule has 1 aliphatic carbocycles. The molecule has 4 rings (SSSR count). The molecule has 1 unspecified atom stereocenters. The number of methoxy groups -OCH3 is 1. The minimum atomic E-state index is -0.717. The van der Waals surface area contributed by atoms with Crippen molar-refractivity contribution >= 4 is 23.3 Å². The molecule has 9 heteroatoms. The first-order chi connectivity index (χ1) is 15.3. The Kier molecular flexibility index (Phi) is 5.52. The summed E-state index contributed by atoms with van der Waals surface area (Å²) in [6.45, 7) is 7.56. The second kappa shape index (κ2) is 8.16. The van der Waals surface area contributed by atoms with Crippen LogP contribution in [0.3, 0.4) is 0 Å². The summed E-state index contributed by atoms with van der Waals surface area (Å²) in [6.07, 6.45) is 9.04. The van der Waals surface area contributed by atoms with E-state index >= 15 is 0 Å². The molecular formula is C23H25FN6O2. The molecule has 0 bridgehead atoms. The van der Waals surface area contributed by atoms with Crippen molar-refractivity contribution in [1.82, 2.24) is 23.9 Å². The Morgan fingerprint density at radius 1 is 1.41 bits per heavy atom. The zero-order valence-corrected chi connectivity index (χ0v) is 18.8. The number of imidazole rings is 1. The van der Waals surface area contributed by atoms with E-state index in [1.54, 1.807) is 33.6 Å². The molecule has 0 N–H and O–H groups in total. The number of hydrogen-bond acceptors (Lipinski definition) is 5. The highest BCUT2D eigenvalue weighted by atomic mass is 19.1. The first kappa shape index (κ1) is 21.6. The Morgan fingerprint density at radius 2 is 2.16 bits per heavy atom. The van der Waals surface area contributed by atoms with Crippen molar-refractivity contribution in [2.45, 2.75) is 26.4 Å². The number of hydrogen-bond donors (Lipinski definition) is 0. The van der Waals surface area contributed by atoms with E-state index in [0.717, 1.165) is 22.4 Å². The number of nitrogens with zero attached hydrogens (tertiary/aromatic N) is 6. The number of aromatic nitrogens is 5. The van der Waals surface area contributed by atoms with Crippen LogP contribution in [0.15, 0.2) is 51.7 Å². The Labute approximate surface area is 184 Å². The predicted octanol–water partition coefficient (Wildman–Crippen LogP) is 3.10. The number of pyridine rings is 1. The summed E-state index contributed by atoms with van der Waals surface area (Å²) < 4.78 is 24.5. The monoisotopic (exact) mass is 436 g/mol. The van der Waals surface area contributed by atoms with E-state index < -0.39 is 5.95 Å². The molecule has 3 aromatic rings. The van der Waals surface area contributed by atoms with E-state index in [4.69, 9.17) is 4.74 Å². The zero-order valence-electron chi connectivity index (χ0n) is 18.8. The minimum absolute atomic E-state index is 0.0930. The lowest BCUT2D eigenvalue weighted by molar-refractivity contribution is 0.133. The van der Waals surface area contributed by atoms with Gasteiger partial charge in [-0.2, -0.15) is 4.39 Å². The molecule has 3 heterocycles. The molecule has 0 saturated carbocycles. The summed E-state index contributed by atoms with van der Waals surface area (Å²) in [4.78, 5) is 22.0. The number of ether oxygens (including phenoxy) is 1. The quantitative estimate of drug-likeness (QED) is 0.576. The van der Waals surface area contributed by atoms with Crippen molar-refractivity contribution in [3.05, 3.63) is 69.6 Å². The van der Waals surface area contributed by atoms with Crippen LogP contribution in [0.5, 0.6) is 0 Å². The second-order valence-electron chi connectivity index (χ2n) is 7.77. The van der Waals surface area contributed by atoms with Gasteiger partial charge < -0.3 is 4.74 Å². The number of halogens is 1. The van der Waals surface area contributed by atoms with Crippen LogP contribution in [-0.2, 0) is 25.3 Å². The van der Waals surface area contributed by atoms with E-state index in [1.807, 2.05) is 26.0 Å². The third-order valence-corrected chi connectivity index (χ3v) is 5.60. The molecule has 166 valence electrons. The van der Waals surface area contributed by atoms with Gasteiger partial charge >= 0.3 is 5.69 Å². The van der Waals surface area contributed by atoms with Crippen molar-refractivity contribution in [3.8, 4) is 5.69 Å². The summed E-state index contributed by atoms with van der Waals surface area (Å²) >= 11 is 0. The third-order valence-electron chi connectivity index (χ3n) is 5.60. The summed E-state index contributed by atoms with van der Waals surface area (Å²) in [5.41, 5.74) is 4.87. The fraction of sp³-hybridized carbons (Fsp3) is 0.304. The molecule has 3 aromatic heterocycles. The van der Waals surface area contributed by atoms with Crippen LogP contribution in [0.25, 0.3) is 22.8 Å². The van der Waals surface area contributed by atoms with Gasteiger partial charge in [0, 0.05) is 45.1 Å². The third kappa shape index (κ3) is 3.44. The van der Waals surface area contributed by atoms with E-state index in [-0.39, 0.29) is 17.5 Å². The van der Waals surface area contributed by atoms with Gasteiger partial charge in [-0.3, -0.25) is 23.8 Å². The van der Waals surface area contributed by atoms with Gasteiger partial charge in [-0.15, -0.1) is 5.10 Å². The van der Waals surface area contributed by atoms with Crippen LogP contribution in [0.4, 0.5) is 4.39 Å². The highest BCUT2D eigenvalue weighted by molar-refractivity contribution is 5.94. The minimum Gasteiger partial charge on any atom is -0.376 e. The molecule has 1 atom stereocenters. The van der Waals surface area contributed by atoms with Crippen molar-refractivity contribution in [3.63, 3.8) is 0 Å². The zero-order chi connectivity index (χ0) is 23.2. The van der Waals surface area contributed by atoms with Gasteiger partial charge in [0.15, 0.2) is 0 Å². The molecule has 32 heavy (non-hydrogen) atoms. The maximum absolute atomic E-state index is 14.6. The molecule has 0 saturated heterocycles. The topological polar surface area (TPSA) is 79.2 Å². The molecule has 0 radical (unpaired) electrons. The SMILES string of the molecule is C=C(C)/N=C\C(=C/C)C1=Cc2c(ncc3c2n(-c2cn(C)nc2F)c(=O)n3C)CC1OC. The van der Waals surface area contributed by atoms with Gasteiger partial charge in [-0.05, 0) is 31.1 Å². The van der Waals surface area contributed by atoms with E-state index in [2.05, 4.69) is 21.7 Å². The van der Waals surface area contributed by atoms with Gasteiger partial charge in [-0.1, -0.05) is 12.7 Å². The molecular weight excluding hydrogens is 411 g/mol. The standard InChI is InChI=1S/C23H25FN6O2/c1-7-14(10-25-13(2)3)15-8-16-17(9-20(15)32-6)26-11-18-21(16)30(23(31)29(18)5)19-12-28(4)27-22(19)24/h7-8,10-12,20H,2,9H2,1,3-6H3/b14-7+,25-10-. The van der Waals surface area contributed by atoms with Gasteiger partial charge in [0.25, 0.3) is 5.95 Å². The maximum atomic E-state index is 14.6. The smallest absolute Gasteiger partial charge is 0.333 e. The van der Waals surface area contributed by atoms with E-state index in [1.165, 1.54) is 20.0 Å². The number of rotatable bonds is 5. The first-order valence-electron chi connectivity index (χ1n) is 10.2. The van der Waals surface area contributed by atoms with Crippen LogP contribution >= 0.6 is 0 Å². The highest BCUT2D eigenvalue weighted by Gasteiger charge is 2.29. The molecule has 1 aliphatic rings. The van der Waals surface area contributed by atoms with Crippen molar-refractivity contribution in [1.29, 1.82) is 0 Å². The Balaban J connectivity index is 2.04. The molecule has 0 spiro atoms. The van der Waals surface area contributed by atoms with Crippen molar-refractivity contribution < 1.29 is 9.13 Å². The summed E-state index contributed by atoms with van der Waals surface area (Å²) in [6, 6.07) is 0. The van der Waals surface area contributed by atoms with Crippen LogP contribution in [0, 0.1) is 5.95 Å². The molecule has 0 fully saturated rings. The van der Waals surface area contributed by atoms with Crippen LogP contribution in [-0.4, -0.2) is 43.3 Å². The lowest BCUT2D eigenvalue weighted by Gasteiger charge is -2.25. The number of allylic oxidation sites excluding steroid dienone is 2. The van der Waals surface area contributed by atoms with Gasteiger partial charge in [-0.25, -0.2) is 4.79 Å². The molecule has 0 aliphatic heterocycles. The van der Waals surface area contributed by atoms with Gasteiger partial charge in [0.2, 0.25) is 0 Å². The van der Waals surface area contributed by atoms with Crippen LogP contribution < -0.4 is 5.69 Å². The fourth-order valence-corrected chi connectivity index (χ4v) is 4.02. The summed E-state index contributed by atoms with van der Waals surface area (Å²) in [7, 11) is 4.90. The number of fused-ring (bicyclic) bond motifs is 3. The van der Waals surface area contributed by atoms with E-state index in [0.29, 0.717) is 23.2 Å². The fourth-order valence-electron chi connectivity index (χ4n) is 4.02. The van der Waals surface area contributed by atoms with E-state index in [9.17, 15) is 9.18 Å². The maximum Gasteiger partial charge on any atom is 0.333 e. The van der Waals surface area contributed by atoms with Crippen molar-refractivity contribution in [2.24, 2.45) is 19.1 Å². The highest BCUT2D eigenvalue weighted by Crippen LogP contribution is 2.34. The van der Waals surface area contributed by atoms with Gasteiger partial charge in [0.1, 0.15) is 5.69 Å². The summed E-state index contributed by atoms with van der Waals surface area (Å²) in [5, 5.41) is 3.77. The average Bonchev–Trinajstić information content (AvgIpc) is 3.22. The normalized spacial score (nSPS) is 16.6. The lowest BCUT2D eigenvalue weighted by Crippen LogP contribution is -2.24. The molecule has 0 aromatic carbocycles. The Hall–Kier alpha value is -3.59.